The van der Waals surface area contributed by atoms with Crippen molar-refractivity contribution >= 4 is 11.8 Å². The molecule has 0 fully saturated rings. The first-order valence-electron chi connectivity index (χ1n) is 7.61. The highest BCUT2D eigenvalue weighted by molar-refractivity contribution is 7.99. The number of hydrogen-bond acceptors (Lipinski definition) is 2. The monoisotopic (exact) mass is 279 g/mol. The summed E-state index contributed by atoms with van der Waals surface area (Å²) in [5.41, 5.74) is 1.38. The van der Waals surface area contributed by atoms with Gasteiger partial charge in [0.1, 0.15) is 0 Å². The van der Waals surface area contributed by atoms with Crippen molar-refractivity contribution in [2.45, 2.75) is 57.4 Å². The normalized spacial score (nSPS) is 14.3. The fourth-order valence-corrected chi connectivity index (χ4v) is 3.38. The zero-order valence-electron chi connectivity index (χ0n) is 12.9. The molecule has 0 aromatic heterocycles. The molecule has 0 amide bonds. The summed E-state index contributed by atoms with van der Waals surface area (Å²) in [5.74, 6) is 2.13. The third-order valence-corrected chi connectivity index (χ3v) is 5.05. The minimum atomic E-state index is 0.433. The second kappa shape index (κ2) is 9.44. The van der Waals surface area contributed by atoms with Crippen LogP contribution >= 0.6 is 11.8 Å². The van der Waals surface area contributed by atoms with Crippen molar-refractivity contribution in [1.82, 2.24) is 5.32 Å². The van der Waals surface area contributed by atoms with Gasteiger partial charge in [0.25, 0.3) is 0 Å². The molecule has 0 bridgehead atoms. The molecule has 1 nitrogen and oxygen atoms in total. The van der Waals surface area contributed by atoms with Crippen molar-refractivity contribution < 1.29 is 0 Å². The molecule has 0 heterocycles. The molecule has 0 aliphatic heterocycles. The van der Waals surface area contributed by atoms with Gasteiger partial charge in [0.15, 0.2) is 0 Å². The number of thioether (sulfide) groups is 1. The largest absolute Gasteiger partial charge is 0.313 e. The molecular formula is C17H29NS. The maximum absolute atomic E-state index is 3.30. The van der Waals surface area contributed by atoms with Crippen LogP contribution in [0.15, 0.2) is 29.2 Å². The number of nitrogens with one attached hydrogen (secondary N) is 1. The lowest BCUT2D eigenvalue weighted by atomic mass is 10.0. The first-order valence-corrected chi connectivity index (χ1v) is 8.59. The van der Waals surface area contributed by atoms with Crippen LogP contribution in [0.1, 0.15) is 58.1 Å². The SMILES string of the molecule is CCCCC(CC)CSc1cccc(C(C)NC)c1. The summed E-state index contributed by atoms with van der Waals surface area (Å²) in [4.78, 5) is 1.41. The second-order valence-corrected chi connectivity index (χ2v) is 6.40. The van der Waals surface area contributed by atoms with Crippen LogP contribution in [0.25, 0.3) is 0 Å². The molecule has 1 aromatic carbocycles. The molecule has 1 rings (SSSR count). The predicted molar refractivity (Wildman–Crippen MR) is 87.9 cm³/mol. The molecule has 1 N–H and O–H groups in total. The van der Waals surface area contributed by atoms with Crippen LogP contribution in [0.3, 0.4) is 0 Å². The summed E-state index contributed by atoms with van der Waals surface area (Å²) in [5, 5.41) is 3.30. The highest BCUT2D eigenvalue weighted by Crippen LogP contribution is 2.27. The highest BCUT2D eigenvalue weighted by Gasteiger charge is 2.08. The topological polar surface area (TPSA) is 12.0 Å². The van der Waals surface area contributed by atoms with Gasteiger partial charge in [-0.3, -0.25) is 0 Å². The fourth-order valence-electron chi connectivity index (χ4n) is 2.15. The van der Waals surface area contributed by atoms with Gasteiger partial charge < -0.3 is 5.32 Å². The van der Waals surface area contributed by atoms with E-state index in [0.717, 1.165) is 5.92 Å². The maximum Gasteiger partial charge on any atom is 0.0289 e. The smallest absolute Gasteiger partial charge is 0.0289 e. The molecule has 19 heavy (non-hydrogen) atoms. The van der Waals surface area contributed by atoms with E-state index in [-0.39, 0.29) is 0 Å². The van der Waals surface area contributed by atoms with Crippen molar-refractivity contribution in [3.8, 4) is 0 Å². The zero-order valence-corrected chi connectivity index (χ0v) is 13.7. The minimum Gasteiger partial charge on any atom is -0.313 e. The lowest BCUT2D eigenvalue weighted by Crippen LogP contribution is -2.12. The van der Waals surface area contributed by atoms with Gasteiger partial charge in [-0.15, -0.1) is 11.8 Å². The van der Waals surface area contributed by atoms with E-state index in [9.17, 15) is 0 Å². The Kier molecular flexibility index (Phi) is 8.24. The molecule has 0 saturated carbocycles. The quantitative estimate of drug-likeness (QED) is 0.618. The van der Waals surface area contributed by atoms with Crippen LogP contribution in [0.5, 0.6) is 0 Å². The zero-order chi connectivity index (χ0) is 14.1. The summed E-state index contributed by atoms with van der Waals surface area (Å²) in [6.45, 7) is 6.81. The number of rotatable bonds is 9. The molecule has 0 spiro atoms. The Morgan fingerprint density at radius 3 is 2.68 bits per heavy atom. The number of benzene rings is 1. The molecule has 2 atom stereocenters. The van der Waals surface area contributed by atoms with Crippen molar-refractivity contribution in [3.63, 3.8) is 0 Å². The predicted octanol–water partition coefficient (Wildman–Crippen LogP) is 5.28. The molecule has 0 radical (unpaired) electrons. The number of hydrogen-bond donors (Lipinski definition) is 1. The molecule has 2 unspecified atom stereocenters. The molecular weight excluding hydrogens is 250 g/mol. The standard InChI is InChI=1S/C17H29NS/c1-5-7-9-15(6-2)13-19-17-11-8-10-16(12-17)14(3)18-4/h8,10-12,14-15,18H,5-7,9,13H2,1-4H3. The van der Waals surface area contributed by atoms with Crippen LogP contribution in [0.4, 0.5) is 0 Å². The Labute approximate surface area is 123 Å². The molecule has 0 aliphatic rings. The van der Waals surface area contributed by atoms with E-state index in [0.29, 0.717) is 6.04 Å². The van der Waals surface area contributed by atoms with Gasteiger partial charge in [-0.25, -0.2) is 0 Å². The van der Waals surface area contributed by atoms with Gasteiger partial charge in [0.05, 0.1) is 0 Å². The Morgan fingerprint density at radius 2 is 2.05 bits per heavy atom. The average Bonchev–Trinajstić information content (AvgIpc) is 2.47. The first kappa shape index (κ1) is 16.6. The number of unbranched alkanes of at least 4 members (excludes halogenated alkanes) is 1. The van der Waals surface area contributed by atoms with Crippen LogP contribution in [0, 0.1) is 5.92 Å². The fraction of sp³-hybridized carbons (Fsp3) is 0.647. The van der Waals surface area contributed by atoms with Crippen molar-refractivity contribution in [2.75, 3.05) is 12.8 Å². The lowest BCUT2D eigenvalue weighted by molar-refractivity contribution is 0.499. The van der Waals surface area contributed by atoms with E-state index in [1.165, 1.54) is 41.9 Å². The van der Waals surface area contributed by atoms with E-state index < -0.39 is 0 Å². The van der Waals surface area contributed by atoms with Crippen LogP contribution in [-0.2, 0) is 0 Å². The molecule has 0 saturated heterocycles. The van der Waals surface area contributed by atoms with Crippen LogP contribution in [-0.4, -0.2) is 12.8 Å². The van der Waals surface area contributed by atoms with Crippen LogP contribution in [0.2, 0.25) is 0 Å². The molecule has 0 aliphatic carbocycles. The van der Waals surface area contributed by atoms with E-state index in [4.69, 9.17) is 0 Å². The Morgan fingerprint density at radius 1 is 1.26 bits per heavy atom. The Balaban J connectivity index is 2.52. The third kappa shape index (κ3) is 6.01. The Hall–Kier alpha value is -0.470. The van der Waals surface area contributed by atoms with Gasteiger partial charge >= 0.3 is 0 Å². The van der Waals surface area contributed by atoms with Crippen molar-refractivity contribution in [1.29, 1.82) is 0 Å². The molecule has 2 heteroatoms. The lowest BCUT2D eigenvalue weighted by Gasteiger charge is -2.15. The van der Waals surface area contributed by atoms with Crippen LogP contribution < -0.4 is 5.32 Å². The molecule has 1 aromatic rings. The van der Waals surface area contributed by atoms with E-state index in [2.05, 4.69) is 50.4 Å². The van der Waals surface area contributed by atoms with E-state index >= 15 is 0 Å². The van der Waals surface area contributed by atoms with Gasteiger partial charge in [0.2, 0.25) is 0 Å². The van der Waals surface area contributed by atoms with Crippen molar-refractivity contribution in [2.24, 2.45) is 5.92 Å². The molecule has 108 valence electrons. The summed E-state index contributed by atoms with van der Waals surface area (Å²) in [7, 11) is 2.02. The first-order chi connectivity index (χ1) is 9.21. The summed E-state index contributed by atoms with van der Waals surface area (Å²) >= 11 is 2.02. The average molecular weight is 279 g/mol. The van der Waals surface area contributed by atoms with E-state index in [1.807, 2.05) is 18.8 Å². The maximum atomic E-state index is 3.30. The van der Waals surface area contributed by atoms with Gasteiger partial charge in [-0.1, -0.05) is 45.2 Å². The van der Waals surface area contributed by atoms with Gasteiger partial charge in [0, 0.05) is 16.7 Å². The highest BCUT2D eigenvalue weighted by atomic mass is 32.2. The van der Waals surface area contributed by atoms with Gasteiger partial charge in [-0.05, 0) is 44.0 Å². The van der Waals surface area contributed by atoms with Gasteiger partial charge in [-0.2, -0.15) is 0 Å². The minimum absolute atomic E-state index is 0.433. The summed E-state index contributed by atoms with van der Waals surface area (Å²) in [6.07, 6.45) is 5.37. The summed E-state index contributed by atoms with van der Waals surface area (Å²) in [6, 6.07) is 9.39. The van der Waals surface area contributed by atoms with Crippen molar-refractivity contribution in [3.05, 3.63) is 29.8 Å². The second-order valence-electron chi connectivity index (χ2n) is 5.31. The third-order valence-electron chi connectivity index (χ3n) is 3.82. The Bertz CT molecular complexity index is 351. The summed E-state index contributed by atoms with van der Waals surface area (Å²) < 4.78 is 0. The van der Waals surface area contributed by atoms with E-state index in [1.54, 1.807) is 0 Å².